The van der Waals surface area contributed by atoms with Crippen molar-refractivity contribution in [3.8, 4) is 11.5 Å². The van der Waals surface area contributed by atoms with Gasteiger partial charge in [0.15, 0.2) is 6.61 Å². The molecule has 1 aromatic carbocycles. The molecule has 0 aliphatic carbocycles. The fourth-order valence-corrected chi connectivity index (χ4v) is 2.24. The van der Waals surface area contributed by atoms with E-state index >= 15 is 0 Å². The highest BCUT2D eigenvalue weighted by molar-refractivity contribution is 5.77. The summed E-state index contributed by atoms with van der Waals surface area (Å²) in [6, 6.07) is 7.63. The van der Waals surface area contributed by atoms with Crippen LogP contribution in [-0.2, 0) is 4.79 Å². The van der Waals surface area contributed by atoms with Crippen LogP contribution in [0.15, 0.2) is 24.3 Å². The zero-order valence-electron chi connectivity index (χ0n) is 12.6. The van der Waals surface area contributed by atoms with E-state index in [0.717, 1.165) is 38.1 Å². The Bertz CT molecular complexity index is 428. The van der Waals surface area contributed by atoms with Crippen LogP contribution in [0.25, 0.3) is 0 Å². The van der Waals surface area contributed by atoms with Crippen LogP contribution in [0.5, 0.6) is 11.5 Å². The van der Waals surface area contributed by atoms with Crippen LogP contribution in [-0.4, -0.2) is 38.3 Å². The Morgan fingerprint density at radius 3 is 2.43 bits per heavy atom. The van der Waals surface area contributed by atoms with Crippen molar-refractivity contribution in [2.24, 2.45) is 0 Å². The van der Waals surface area contributed by atoms with Gasteiger partial charge in [0.05, 0.1) is 6.61 Å². The smallest absolute Gasteiger partial charge is 0.258 e. The van der Waals surface area contributed by atoms with Gasteiger partial charge in [-0.1, -0.05) is 6.92 Å². The molecule has 116 valence electrons. The molecular weight excluding hydrogens is 268 g/mol. The first kappa shape index (κ1) is 15.6. The van der Waals surface area contributed by atoms with E-state index in [4.69, 9.17) is 9.47 Å². The fourth-order valence-electron chi connectivity index (χ4n) is 2.24. The molecule has 0 spiro atoms. The number of piperidine rings is 1. The van der Waals surface area contributed by atoms with Gasteiger partial charge in [-0.2, -0.15) is 0 Å². The monoisotopic (exact) mass is 292 g/mol. The molecule has 0 bridgehead atoms. The second-order valence-corrected chi connectivity index (χ2v) is 5.20. The first-order valence-electron chi connectivity index (χ1n) is 7.63. The topological polar surface area (TPSA) is 59.6 Å². The predicted molar refractivity (Wildman–Crippen MR) is 81.8 cm³/mol. The van der Waals surface area contributed by atoms with Crippen LogP contribution in [0.3, 0.4) is 0 Å². The van der Waals surface area contributed by atoms with Crippen LogP contribution < -0.4 is 20.1 Å². The lowest BCUT2D eigenvalue weighted by Gasteiger charge is -2.23. The Morgan fingerprint density at radius 2 is 1.81 bits per heavy atom. The SMILES string of the molecule is CCCOc1ccc(OCC(=O)NC2CCNCC2)cc1. The van der Waals surface area contributed by atoms with Crippen LogP contribution in [0.1, 0.15) is 26.2 Å². The number of rotatable bonds is 7. The van der Waals surface area contributed by atoms with Crippen molar-refractivity contribution in [3.05, 3.63) is 24.3 Å². The minimum atomic E-state index is -0.0618. The lowest BCUT2D eigenvalue weighted by atomic mass is 10.1. The normalized spacial score (nSPS) is 15.5. The molecule has 1 aliphatic heterocycles. The maximum atomic E-state index is 11.8. The van der Waals surface area contributed by atoms with Gasteiger partial charge in [0.25, 0.3) is 5.91 Å². The average molecular weight is 292 g/mol. The van der Waals surface area contributed by atoms with Crippen molar-refractivity contribution in [3.63, 3.8) is 0 Å². The van der Waals surface area contributed by atoms with Crippen LogP contribution in [0.2, 0.25) is 0 Å². The van der Waals surface area contributed by atoms with Crippen molar-refractivity contribution in [1.29, 1.82) is 0 Å². The molecule has 0 atom stereocenters. The number of hydrogen-bond acceptors (Lipinski definition) is 4. The molecule has 2 rings (SSSR count). The Hall–Kier alpha value is -1.75. The van der Waals surface area contributed by atoms with Crippen molar-refractivity contribution < 1.29 is 14.3 Å². The van der Waals surface area contributed by atoms with E-state index in [1.54, 1.807) is 0 Å². The first-order chi connectivity index (χ1) is 10.3. The van der Waals surface area contributed by atoms with Gasteiger partial charge in [-0.3, -0.25) is 4.79 Å². The molecule has 2 N–H and O–H groups in total. The second-order valence-electron chi connectivity index (χ2n) is 5.20. The molecule has 0 radical (unpaired) electrons. The van der Waals surface area contributed by atoms with Gasteiger partial charge >= 0.3 is 0 Å². The molecular formula is C16H24N2O3. The molecule has 1 amide bonds. The van der Waals surface area contributed by atoms with Gasteiger partial charge in [0, 0.05) is 6.04 Å². The molecule has 1 aliphatic rings. The summed E-state index contributed by atoms with van der Waals surface area (Å²) in [6.07, 6.45) is 2.94. The standard InChI is InChI=1S/C16H24N2O3/c1-2-11-20-14-3-5-15(6-4-14)21-12-16(19)18-13-7-9-17-10-8-13/h3-6,13,17H,2,7-12H2,1H3,(H,18,19). The highest BCUT2D eigenvalue weighted by atomic mass is 16.5. The van der Waals surface area contributed by atoms with Crippen molar-refractivity contribution in [2.75, 3.05) is 26.3 Å². The zero-order chi connectivity index (χ0) is 14.9. The molecule has 0 aromatic heterocycles. The molecule has 1 saturated heterocycles. The third kappa shape index (κ3) is 5.63. The zero-order valence-corrected chi connectivity index (χ0v) is 12.6. The number of hydrogen-bond donors (Lipinski definition) is 2. The minimum Gasteiger partial charge on any atom is -0.494 e. The highest BCUT2D eigenvalue weighted by Gasteiger charge is 2.15. The minimum absolute atomic E-state index is 0.0547. The van der Waals surface area contributed by atoms with Gasteiger partial charge in [-0.25, -0.2) is 0 Å². The summed E-state index contributed by atoms with van der Waals surface area (Å²) in [5.41, 5.74) is 0. The fraction of sp³-hybridized carbons (Fsp3) is 0.562. The van der Waals surface area contributed by atoms with E-state index < -0.39 is 0 Å². The lowest BCUT2D eigenvalue weighted by Crippen LogP contribution is -2.44. The number of benzene rings is 1. The van der Waals surface area contributed by atoms with Crippen LogP contribution in [0.4, 0.5) is 0 Å². The second kappa shape index (κ2) is 8.52. The van der Waals surface area contributed by atoms with Gasteiger partial charge in [0.1, 0.15) is 11.5 Å². The first-order valence-corrected chi connectivity index (χ1v) is 7.63. The van der Waals surface area contributed by atoms with Gasteiger partial charge in [-0.05, 0) is 56.6 Å². The third-order valence-electron chi connectivity index (χ3n) is 3.37. The Balaban J connectivity index is 1.70. The maximum Gasteiger partial charge on any atom is 0.258 e. The maximum absolute atomic E-state index is 11.8. The summed E-state index contributed by atoms with van der Waals surface area (Å²) in [6.45, 7) is 4.76. The molecule has 5 nitrogen and oxygen atoms in total. The Kier molecular flexibility index (Phi) is 6.34. The Labute approximate surface area is 126 Å². The average Bonchev–Trinajstić information content (AvgIpc) is 2.53. The molecule has 1 heterocycles. The van der Waals surface area contributed by atoms with Gasteiger partial charge in [-0.15, -0.1) is 0 Å². The quantitative estimate of drug-likeness (QED) is 0.803. The van der Waals surface area contributed by atoms with E-state index in [2.05, 4.69) is 17.6 Å². The van der Waals surface area contributed by atoms with E-state index in [1.807, 2.05) is 24.3 Å². The summed E-state index contributed by atoms with van der Waals surface area (Å²) < 4.78 is 11.0. The number of ether oxygens (including phenoxy) is 2. The van der Waals surface area contributed by atoms with E-state index in [-0.39, 0.29) is 18.6 Å². The Morgan fingerprint density at radius 1 is 1.19 bits per heavy atom. The summed E-state index contributed by atoms with van der Waals surface area (Å²) in [5.74, 6) is 1.44. The van der Waals surface area contributed by atoms with Crippen molar-refractivity contribution >= 4 is 5.91 Å². The molecule has 0 saturated carbocycles. The summed E-state index contributed by atoms with van der Waals surface area (Å²) >= 11 is 0. The molecule has 21 heavy (non-hydrogen) atoms. The van der Waals surface area contributed by atoms with Crippen molar-refractivity contribution in [1.82, 2.24) is 10.6 Å². The summed E-state index contributed by atoms with van der Waals surface area (Å²) in [5, 5.41) is 6.27. The lowest BCUT2D eigenvalue weighted by molar-refractivity contribution is -0.123. The molecule has 5 heteroatoms. The predicted octanol–water partition coefficient (Wildman–Crippen LogP) is 1.72. The van der Waals surface area contributed by atoms with E-state index in [9.17, 15) is 4.79 Å². The summed E-state index contributed by atoms with van der Waals surface area (Å²) in [4.78, 5) is 11.8. The number of amides is 1. The highest BCUT2D eigenvalue weighted by Crippen LogP contribution is 2.17. The molecule has 1 aromatic rings. The number of carbonyl (C=O) groups excluding carboxylic acids is 1. The van der Waals surface area contributed by atoms with E-state index in [0.29, 0.717) is 12.4 Å². The number of nitrogens with one attached hydrogen (secondary N) is 2. The summed E-state index contributed by atoms with van der Waals surface area (Å²) in [7, 11) is 0. The van der Waals surface area contributed by atoms with E-state index in [1.165, 1.54) is 0 Å². The molecule has 1 fully saturated rings. The largest absolute Gasteiger partial charge is 0.494 e. The van der Waals surface area contributed by atoms with Gasteiger partial charge < -0.3 is 20.1 Å². The van der Waals surface area contributed by atoms with Crippen LogP contribution in [0, 0.1) is 0 Å². The van der Waals surface area contributed by atoms with Crippen LogP contribution >= 0.6 is 0 Å². The number of carbonyl (C=O) groups is 1. The van der Waals surface area contributed by atoms with Gasteiger partial charge in [0.2, 0.25) is 0 Å². The third-order valence-corrected chi connectivity index (χ3v) is 3.37. The molecule has 0 unspecified atom stereocenters. The van der Waals surface area contributed by atoms with Crippen molar-refractivity contribution in [2.45, 2.75) is 32.2 Å².